The molecule has 40 heavy (non-hydrogen) atoms. The Labute approximate surface area is 246 Å². The van der Waals surface area contributed by atoms with Crippen molar-refractivity contribution in [3.05, 3.63) is 99.5 Å². The standard InChI is InChI=1S/C31H38BrN3O4S/c1-22-12-14-25(15-13-22)20-34(28(30(37)33-31(3,4)5)19-24-10-8-7-9-11-24)29(36)21-35(40(6,38)39)26-16-17-27(32)23(2)18-26/h7-18,28H,19-21H2,1-6H3,(H,33,37). The molecule has 0 fully saturated rings. The van der Waals surface area contributed by atoms with Crippen molar-refractivity contribution < 1.29 is 18.0 Å². The highest BCUT2D eigenvalue weighted by molar-refractivity contribution is 9.10. The molecule has 1 N–H and O–H groups in total. The van der Waals surface area contributed by atoms with Gasteiger partial charge in [0.15, 0.2) is 0 Å². The molecule has 9 heteroatoms. The van der Waals surface area contributed by atoms with Gasteiger partial charge in [-0.2, -0.15) is 0 Å². The minimum absolute atomic E-state index is 0.144. The maximum atomic E-state index is 14.1. The van der Waals surface area contributed by atoms with Crippen LogP contribution in [0.5, 0.6) is 0 Å². The second-order valence-electron chi connectivity index (χ2n) is 11.2. The molecule has 1 atom stereocenters. The summed E-state index contributed by atoms with van der Waals surface area (Å²) in [5, 5.41) is 3.03. The zero-order chi connectivity index (χ0) is 29.7. The molecule has 7 nitrogen and oxygen atoms in total. The summed E-state index contributed by atoms with van der Waals surface area (Å²) in [4.78, 5) is 29.4. The van der Waals surface area contributed by atoms with E-state index in [1.807, 2.05) is 89.2 Å². The molecule has 0 radical (unpaired) electrons. The summed E-state index contributed by atoms with van der Waals surface area (Å²) in [6.45, 7) is 9.19. The first-order valence-electron chi connectivity index (χ1n) is 13.1. The van der Waals surface area contributed by atoms with Crippen molar-refractivity contribution in [2.75, 3.05) is 17.1 Å². The van der Waals surface area contributed by atoms with Gasteiger partial charge in [0.2, 0.25) is 21.8 Å². The SMILES string of the molecule is Cc1ccc(CN(C(=O)CN(c2ccc(Br)c(C)c2)S(C)(=O)=O)C(Cc2ccccc2)C(=O)NC(C)(C)C)cc1. The van der Waals surface area contributed by atoms with Crippen molar-refractivity contribution >= 4 is 43.5 Å². The summed E-state index contributed by atoms with van der Waals surface area (Å²) in [5.74, 6) is -0.779. The molecular weight excluding hydrogens is 590 g/mol. The highest BCUT2D eigenvalue weighted by Gasteiger charge is 2.34. The molecule has 214 valence electrons. The Morgan fingerprint density at radius 1 is 0.925 bits per heavy atom. The molecule has 3 aromatic rings. The summed E-state index contributed by atoms with van der Waals surface area (Å²) in [6.07, 6.45) is 1.35. The molecule has 0 aliphatic heterocycles. The van der Waals surface area contributed by atoms with Crippen molar-refractivity contribution in [3.8, 4) is 0 Å². The number of sulfonamides is 1. The summed E-state index contributed by atoms with van der Waals surface area (Å²) in [7, 11) is -3.82. The van der Waals surface area contributed by atoms with Gasteiger partial charge in [-0.15, -0.1) is 0 Å². The number of nitrogens with one attached hydrogen (secondary N) is 1. The molecule has 0 saturated heterocycles. The van der Waals surface area contributed by atoms with E-state index in [0.717, 1.165) is 37.3 Å². The normalized spacial score (nSPS) is 12.5. The van der Waals surface area contributed by atoms with Gasteiger partial charge in [-0.25, -0.2) is 8.42 Å². The van der Waals surface area contributed by atoms with Gasteiger partial charge in [-0.05, 0) is 69.5 Å². The third-order valence-corrected chi connectivity index (χ3v) is 8.38. The zero-order valence-corrected chi connectivity index (χ0v) is 26.3. The van der Waals surface area contributed by atoms with Gasteiger partial charge in [0, 0.05) is 23.0 Å². The Bertz CT molecular complexity index is 1440. The minimum atomic E-state index is -3.82. The topological polar surface area (TPSA) is 86.8 Å². The van der Waals surface area contributed by atoms with Crippen LogP contribution in [0.4, 0.5) is 5.69 Å². The molecule has 0 heterocycles. The first-order chi connectivity index (χ1) is 18.6. The first kappa shape index (κ1) is 31.4. The van der Waals surface area contributed by atoms with E-state index in [2.05, 4.69) is 21.2 Å². The van der Waals surface area contributed by atoms with Gasteiger partial charge in [-0.1, -0.05) is 76.1 Å². The van der Waals surface area contributed by atoms with Crippen LogP contribution in [-0.2, 0) is 32.6 Å². The maximum absolute atomic E-state index is 14.1. The van der Waals surface area contributed by atoms with Crippen molar-refractivity contribution in [1.82, 2.24) is 10.2 Å². The second kappa shape index (κ2) is 13.0. The van der Waals surface area contributed by atoms with Crippen LogP contribution in [0, 0.1) is 13.8 Å². The number of aryl methyl sites for hydroxylation is 2. The lowest BCUT2D eigenvalue weighted by Crippen LogP contribution is -2.56. The van der Waals surface area contributed by atoms with Gasteiger partial charge in [0.25, 0.3) is 0 Å². The van der Waals surface area contributed by atoms with Crippen molar-refractivity contribution in [1.29, 1.82) is 0 Å². The number of nitrogens with zero attached hydrogens (tertiary/aromatic N) is 2. The average Bonchev–Trinajstić information content (AvgIpc) is 2.86. The highest BCUT2D eigenvalue weighted by atomic mass is 79.9. The Morgan fingerprint density at radius 2 is 1.55 bits per heavy atom. The Kier molecular flexibility index (Phi) is 10.2. The van der Waals surface area contributed by atoms with E-state index >= 15 is 0 Å². The third-order valence-electron chi connectivity index (χ3n) is 6.35. The van der Waals surface area contributed by atoms with Gasteiger partial charge >= 0.3 is 0 Å². The van der Waals surface area contributed by atoms with Crippen molar-refractivity contribution in [2.24, 2.45) is 0 Å². The zero-order valence-electron chi connectivity index (χ0n) is 23.9. The number of halogens is 1. The van der Waals surface area contributed by atoms with Crippen LogP contribution in [-0.4, -0.2) is 49.5 Å². The molecular formula is C31H38BrN3O4S. The fourth-order valence-electron chi connectivity index (χ4n) is 4.29. The van der Waals surface area contributed by atoms with Gasteiger partial charge in [0.1, 0.15) is 12.6 Å². The molecule has 0 spiro atoms. The second-order valence-corrected chi connectivity index (χ2v) is 13.9. The smallest absolute Gasteiger partial charge is 0.244 e. The minimum Gasteiger partial charge on any atom is -0.350 e. The predicted octanol–water partition coefficient (Wildman–Crippen LogP) is 5.39. The van der Waals surface area contributed by atoms with E-state index in [4.69, 9.17) is 0 Å². The molecule has 0 saturated carbocycles. The Balaban J connectivity index is 2.08. The lowest BCUT2D eigenvalue weighted by Gasteiger charge is -2.35. The van der Waals surface area contributed by atoms with Crippen molar-refractivity contribution in [3.63, 3.8) is 0 Å². The fraction of sp³-hybridized carbons (Fsp3) is 0.355. The Morgan fingerprint density at radius 3 is 2.10 bits per heavy atom. The molecule has 0 aromatic heterocycles. The van der Waals surface area contributed by atoms with Gasteiger partial charge in [0.05, 0.1) is 11.9 Å². The van der Waals surface area contributed by atoms with Crippen LogP contribution in [0.3, 0.4) is 0 Å². The third kappa shape index (κ3) is 8.93. The largest absolute Gasteiger partial charge is 0.350 e. The molecule has 0 aliphatic carbocycles. The van der Waals surface area contributed by atoms with Crippen molar-refractivity contribution in [2.45, 2.75) is 59.2 Å². The number of rotatable bonds is 10. The molecule has 3 rings (SSSR count). The van der Waals surface area contributed by atoms with Crippen LogP contribution < -0.4 is 9.62 Å². The lowest BCUT2D eigenvalue weighted by atomic mass is 10.0. The molecule has 0 bridgehead atoms. The Hall–Kier alpha value is -3.17. The van der Waals surface area contributed by atoms with Crippen LogP contribution in [0.2, 0.25) is 0 Å². The van der Waals surface area contributed by atoms with Crippen LogP contribution in [0.25, 0.3) is 0 Å². The number of hydrogen-bond acceptors (Lipinski definition) is 4. The lowest BCUT2D eigenvalue weighted by molar-refractivity contribution is -0.140. The van der Waals surface area contributed by atoms with Gasteiger partial charge in [-0.3, -0.25) is 13.9 Å². The molecule has 0 aliphatic rings. The van der Waals surface area contributed by atoms with E-state index in [-0.39, 0.29) is 18.9 Å². The van der Waals surface area contributed by atoms with E-state index in [1.54, 1.807) is 18.2 Å². The number of amides is 2. The van der Waals surface area contributed by atoms with Crippen LogP contribution >= 0.6 is 15.9 Å². The average molecular weight is 629 g/mol. The van der Waals surface area contributed by atoms with Crippen LogP contribution in [0.15, 0.2) is 77.3 Å². The number of hydrogen-bond donors (Lipinski definition) is 1. The molecule has 3 aromatic carbocycles. The van der Waals surface area contributed by atoms with Gasteiger partial charge < -0.3 is 10.2 Å². The fourth-order valence-corrected chi connectivity index (χ4v) is 5.38. The number of anilines is 1. The monoisotopic (exact) mass is 627 g/mol. The van der Waals surface area contributed by atoms with E-state index < -0.39 is 34.1 Å². The molecule has 1 unspecified atom stereocenters. The number of carbonyl (C=O) groups is 2. The number of carbonyl (C=O) groups excluding carboxylic acids is 2. The molecule has 2 amide bonds. The first-order valence-corrected chi connectivity index (χ1v) is 15.7. The number of benzene rings is 3. The summed E-state index contributed by atoms with van der Waals surface area (Å²) in [5.41, 5.74) is 3.49. The quantitative estimate of drug-likeness (QED) is 0.327. The highest BCUT2D eigenvalue weighted by Crippen LogP contribution is 2.25. The van der Waals surface area contributed by atoms with E-state index in [1.165, 1.54) is 4.90 Å². The summed E-state index contributed by atoms with van der Waals surface area (Å²) >= 11 is 3.45. The van der Waals surface area contributed by atoms with E-state index in [0.29, 0.717) is 5.69 Å². The van der Waals surface area contributed by atoms with E-state index in [9.17, 15) is 18.0 Å². The maximum Gasteiger partial charge on any atom is 0.244 e. The summed E-state index contributed by atoms with van der Waals surface area (Å²) < 4.78 is 27.8. The van der Waals surface area contributed by atoms with Crippen LogP contribution in [0.1, 0.15) is 43.0 Å². The summed E-state index contributed by atoms with van der Waals surface area (Å²) in [6, 6.07) is 21.5. The predicted molar refractivity (Wildman–Crippen MR) is 165 cm³/mol.